The predicted molar refractivity (Wildman–Crippen MR) is 144 cm³/mol. The lowest BCUT2D eigenvalue weighted by molar-refractivity contribution is -0.118. The Bertz CT molecular complexity index is 1380. The first-order chi connectivity index (χ1) is 18.0. The lowest BCUT2D eigenvalue weighted by Gasteiger charge is -2.15. The molecule has 0 radical (unpaired) electrons. The predicted octanol–water partition coefficient (Wildman–Crippen LogP) is 4.51. The minimum Gasteiger partial charge on any atom is -0.493 e. The number of benzene rings is 3. The molecule has 0 aliphatic carbocycles. The normalized spacial score (nSPS) is 10.9. The van der Waals surface area contributed by atoms with Crippen molar-refractivity contribution in [3.05, 3.63) is 77.9 Å². The Balaban J connectivity index is 1.59. The van der Waals surface area contributed by atoms with E-state index in [-0.39, 0.29) is 11.7 Å². The number of methoxy groups -OCH3 is 3. The summed E-state index contributed by atoms with van der Waals surface area (Å²) in [6.45, 7) is 2.00. The maximum Gasteiger partial charge on any atom is 0.250 e. The molecule has 1 aromatic heterocycles. The summed E-state index contributed by atoms with van der Waals surface area (Å²) in [5.74, 6) is 1.89. The van der Waals surface area contributed by atoms with E-state index in [2.05, 4.69) is 20.7 Å². The third kappa shape index (κ3) is 6.10. The first kappa shape index (κ1) is 25.8. The minimum absolute atomic E-state index is 0.103. The highest BCUT2D eigenvalue weighted by Gasteiger charge is 2.21. The molecule has 37 heavy (non-hydrogen) atoms. The largest absolute Gasteiger partial charge is 0.493 e. The molecule has 0 atom stereocenters. The van der Waals surface area contributed by atoms with Crippen molar-refractivity contribution in [3.8, 4) is 34.3 Å². The van der Waals surface area contributed by atoms with Crippen LogP contribution in [0.3, 0.4) is 0 Å². The van der Waals surface area contributed by atoms with Crippen LogP contribution in [-0.4, -0.2) is 54.0 Å². The van der Waals surface area contributed by atoms with E-state index in [1.165, 1.54) is 11.8 Å². The molecule has 190 valence electrons. The molecule has 0 bridgehead atoms. The van der Waals surface area contributed by atoms with E-state index in [4.69, 9.17) is 14.2 Å². The van der Waals surface area contributed by atoms with Gasteiger partial charge in [-0.15, -0.1) is 10.2 Å². The number of nitrogens with one attached hydrogen (secondary N) is 1. The van der Waals surface area contributed by atoms with Gasteiger partial charge in [0.15, 0.2) is 22.5 Å². The van der Waals surface area contributed by atoms with Crippen LogP contribution in [0.5, 0.6) is 17.2 Å². The first-order valence-corrected chi connectivity index (χ1v) is 12.3. The van der Waals surface area contributed by atoms with Gasteiger partial charge < -0.3 is 14.2 Å². The van der Waals surface area contributed by atoms with E-state index in [1.54, 1.807) is 27.5 Å². The van der Waals surface area contributed by atoms with Gasteiger partial charge in [-0.3, -0.25) is 9.36 Å². The van der Waals surface area contributed by atoms with Gasteiger partial charge in [-0.05, 0) is 36.8 Å². The van der Waals surface area contributed by atoms with Gasteiger partial charge in [0, 0.05) is 11.3 Å². The van der Waals surface area contributed by atoms with Crippen LogP contribution in [0.25, 0.3) is 17.1 Å². The average molecular weight is 518 g/mol. The standard InChI is InChI=1S/C27H27N5O4S/c1-18-9-8-10-19(13-18)16-28-29-24(33)17-37-27-31-30-26(32(27)21-11-6-5-7-12-21)20-14-22(34-2)25(36-4)23(15-20)35-3/h5-16H,17H2,1-4H3,(H,29,33)/b28-16+. The van der Waals surface area contributed by atoms with Crippen LogP contribution in [0.4, 0.5) is 0 Å². The van der Waals surface area contributed by atoms with Crippen LogP contribution in [-0.2, 0) is 4.79 Å². The zero-order chi connectivity index (χ0) is 26.2. The number of aryl methyl sites for hydroxylation is 1. The Labute approximate surface area is 219 Å². The fourth-order valence-electron chi connectivity index (χ4n) is 3.66. The molecule has 4 aromatic rings. The Morgan fingerprint density at radius 1 is 0.973 bits per heavy atom. The molecule has 1 amide bonds. The zero-order valence-electron chi connectivity index (χ0n) is 21.0. The summed E-state index contributed by atoms with van der Waals surface area (Å²) in [4.78, 5) is 12.5. The zero-order valence-corrected chi connectivity index (χ0v) is 21.8. The van der Waals surface area contributed by atoms with Crippen molar-refractivity contribution in [3.63, 3.8) is 0 Å². The van der Waals surface area contributed by atoms with Crippen molar-refractivity contribution in [2.45, 2.75) is 12.1 Å². The second-order valence-corrected chi connectivity index (χ2v) is 8.83. The molecule has 0 unspecified atom stereocenters. The van der Waals surface area contributed by atoms with Gasteiger partial charge in [-0.25, -0.2) is 5.43 Å². The molecule has 1 heterocycles. The number of hydrogen-bond acceptors (Lipinski definition) is 8. The Morgan fingerprint density at radius 2 is 1.70 bits per heavy atom. The molecule has 0 saturated heterocycles. The van der Waals surface area contributed by atoms with Crippen molar-refractivity contribution >= 4 is 23.9 Å². The summed E-state index contributed by atoms with van der Waals surface area (Å²) >= 11 is 1.26. The van der Waals surface area contributed by atoms with E-state index in [9.17, 15) is 4.79 Å². The van der Waals surface area contributed by atoms with E-state index in [1.807, 2.05) is 78.2 Å². The second kappa shape index (κ2) is 12.1. The molecule has 1 N–H and O–H groups in total. The van der Waals surface area contributed by atoms with E-state index in [0.29, 0.717) is 33.8 Å². The number of hydrogen-bond donors (Lipinski definition) is 1. The number of carbonyl (C=O) groups is 1. The third-order valence-electron chi connectivity index (χ3n) is 5.35. The van der Waals surface area contributed by atoms with Crippen LogP contribution in [0.2, 0.25) is 0 Å². The maximum atomic E-state index is 12.5. The number of para-hydroxylation sites is 1. The highest BCUT2D eigenvalue weighted by Crippen LogP contribution is 2.41. The summed E-state index contributed by atoms with van der Waals surface area (Å²) in [7, 11) is 4.67. The van der Waals surface area contributed by atoms with Crippen molar-refractivity contribution in [2.24, 2.45) is 5.10 Å². The summed E-state index contributed by atoms with van der Waals surface area (Å²) in [5, 5.41) is 13.4. The molecule has 4 rings (SSSR count). The Hall–Kier alpha value is -4.31. The number of amides is 1. The first-order valence-electron chi connectivity index (χ1n) is 11.4. The van der Waals surface area contributed by atoms with Crippen LogP contribution < -0.4 is 19.6 Å². The Morgan fingerprint density at radius 3 is 2.35 bits per heavy atom. The molecule has 0 fully saturated rings. The van der Waals surface area contributed by atoms with Gasteiger partial charge in [-0.1, -0.05) is 59.8 Å². The molecular weight excluding hydrogens is 490 g/mol. The molecule has 9 nitrogen and oxygen atoms in total. The van der Waals surface area contributed by atoms with Crippen molar-refractivity contribution in [2.75, 3.05) is 27.1 Å². The fraction of sp³-hybridized carbons (Fsp3) is 0.185. The summed E-state index contributed by atoms with van der Waals surface area (Å²) in [6, 6.07) is 21.1. The van der Waals surface area contributed by atoms with Gasteiger partial charge in [0.05, 0.1) is 33.3 Å². The minimum atomic E-state index is -0.258. The number of hydrazone groups is 1. The van der Waals surface area contributed by atoms with Crippen LogP contribution in [0.15, 0.2) is 77.0 Å². The number of thioether (sulfide) groups is 1. The average Bonchev–Trinajstić information content (AvgIpc) is 3.35. The molecule has 0 spiro atoms. The van der Waals surface area contributed by atoms with Crippen LogP contribution >= 0.6 is 11.8 Å². The van der Waals surface area contributed by atoms with Crippen LogP contribution in [0.1, 0.15) is 11.1 Å². The highest BCUT2D eigenvalue weighted by molar-refractivity contribution is 7.99. The molecular formula is C27H27N5O4S. The van der Waals surface area contributed by atoms with Gasteiger partial charge in [-0.2, -0.15) is 5.10 Å². The number of nitrogens with zero attached hydrogens (tertiary/aromatic N) is 4. The van der Waals surface area contributed by atoms with Gasteiger partial charge in [0.25, 0.3) is 5.91 Å². The second-order valence-electron chi connectivity index (χ2n) is 7.89. The monoisotopic (exact) mass is 517 g/mol. The quantitative estimate of drug-likeness (QED) is 0.188. The lowest BCUT2D eigenvalue weighted by atomic mass is 10.1. The number of carbonyl (C=O) groups excluding carboxylic acids is 1. The molecule has 0 aliphatic rings. The number of ether oxygens (including phenoxy) is 3. The molecule has 0 aliphatic heterocycles. The van der Waals surface area contributed by atoms with Gasteiger partial charge in [0.2, 0.25) is 5.75 Å². The molecule has 3 aromatic carbocycles. The van der Waals surface area contributed by atoms with Crippen molar-refractivity contribution < 1.29 is 19.0 Å². The van der Waals surface area contributed by atoms with E-state index < -0.39 is 0 Å². The van der Waals surface area contributed by atoms with E-state index in [0.717, 1.165) is 16.8 Å². The van der Waals surface area contributed by atoms with Crippen molar-refractivity contribution in [1.29, 1.82) is 0 Å². The molecule has 10 heteroatoms. The topological polar surface area (TPSA) is 99.9 Å². The highest BCUT2D eigenvalue weighted by atomic mass is 32.2. The lowest BCUT2D eigenvalue weighted by Crippen LogP contribution is -2.20. The number of rotatable bonds is 10. The third-order valence-corrected chi connectivity index (χ3v) is 6.28. The Kier molecular flexibility index (Phi) is 8.42. The van der Waals surface area contributed by atoms with Crippen LogP contribution in [0, 0.1) is 6.92 Å². The maximum absolute atomic E-state index is 12.5. The number of aromatic nitrogens is 3. The summed E-state index contributed by atoms with van der Waals surface area (Å²) in [5.41, 5.74) is 6.15. The SMILES string of the molecule is COc1cc(-c2nnc(SCC(=O)N/N=C/c3cccc(C)c3)n2-c2ccccc2)cc(OC)c1OC. The smallest absolute Gasteiger partial charge is 0.250 e. The van der Waals surface area contributed by atoms with E-state index >= 15 is 0 Å². The van der Waals surface area contributed by atoms with Gasteiger partial charge in [0.1, 0.15) is 0 Å². The summed E-state index contributed by atoms with van der Waals surface area (Å²) in [6.07, 6.45) is 1.62. The fourth-order valence-corrected chi connectivity index (χ4v) is 4.41. The summed E-state index contributed by atoms with van der Waals surface area (Å²) < 4.78 is 18.4. The van der Waals surface area contributed by atoms with Crippen molar-refractivity contribution in [1.82, 2.24) is 20.2 Å². The van der Waals surface area contributed by atoms with Gasteiger partial charge >= 0.3 is 0 Å². The molecule has 0 saturated carbocycles.